The summed E-state index contributed by atoms with van der Waals surface area (Å²) in [6, 6.07) is 0.840. The highest BCUT2D eigenvalue weighted by atomic mass is 16.7. The van der Waals surface area contributed by atoms with Crippen molar-refractivity contribution in [3.63, 3.8) is 0 Å². The van der Waals surface area contributed by atoms with Crippen LogP contribution >= 0.6 is 0 Å². The van der Waals surface area contributed by atoms with E-state index in [4.69, 9.17) is 24.6 Å². The molecule has 1 aromatic rings. The highest BCUT2D eigenvalue weighted by Crippen LogP contribution is 2.42. The predicted octanol–water partition coefficient (Wildman–Crippen LogP) is 5.47. The predicted molar refractivity (Wildman–Crippen MR) is 187 cm³/mol. The van der Waals surface area contributed by atoms with E-state index in [1.54, 1.807) is 7.11 Å². The minimum absolute atomic E-state index is 0.00927. The van der Waals surface area contributed by atoms with Gasteiger partial charge >= 0.3 is 0 Å². The van der Waals surface area contributed by atoms with E-state index in [1.807, 2.05) is 45.1 Å². The summed E-state index contributed by atoms with van der Waals surface area (Å²) >= 11 is 0. The van der Waals surface area contributed by atoms with E-state index in [-0.39, 0.29) is 28.2 Å². The first kappa shape index (κ1) is 37.7. The number of hydrogen-bond acceptors (Lipinski definition) is 11. The maximum Gasteiger partial charge on any atom is 0.232 e. The zero-order chi connectivity index (χ0) is 34.0. The maximum absolute atomic E-state index is 5.93. The molecular weight excluding hydrogens is 566 g/mol. The van der Waals surface area contributed by atoms with Crippen LogP contribution in [0, 0.1) is 0 Å². The van der Waals surface area contributed by atoms with Gasteiger partial charge in [-0.1, -0.05) is 12.8 Å². The van der Waals surface area contributed by atoms with Gasteiger partial charge < -0.3 is 29.3 Å². The first-order valence-electron chi connectivity index (χ1n) is 17.0. The van der Waals surface area contributed by atoms with Crippen molar-refractivity contribution < 1.29 is 9.68 Å². The van der Waals surface area contributed by atoms with Gasteiger partial charge in [0.05, 0.1) is 14.2 Å². The van der Waals surface area contributed by atoms with Gasteiger partial charge in [0, 0.05) is 69.0 Å². The van der Waals surface area contributed by atoms with Gasteiger partial charge in [-0.3, -0.25) is 0 Å². The van der Waals surface area contributed by atoms with E-state index in [0.29, 0.717) is 17.9 Å². The molecule has 0 spiro atoms. The molecule has 0 amide bonds. The zero-order valence-electron chi connectivity index (χ0n) is 31.6. The van der Waals surface area contributed by atoms with Crippen LogP contribution in [0.5, 0.6) is 0 Å². The van der Waals surface area contributed by atoms with Crippen molar-refractivity contribution in [2.24, 2.45) is 0 Å². The third-order valence-electron chi connectivity index (χ3n) is 9.89. The third-order valence-corrected chi connectivity index (χ3v) is 9.89. The van der Waals surface area contributed by atoms with Crippen molar-refractivity contribution in [1.29, 1.82) is 0 Å². The number of hydrogen-bond donors (Lipinski definition) is 0. The summed E-state index contributed by atoms with van der Waals surface area (Å²) in [6.07, 6.45) is 8.84. The Morgan fingerprint density at radius 3 is 1.29 bits per heavy atom. The summed E-state index contributed by atoms with van der Waals surface area (Å²) in [6.45, 7) is 20.4. The molecule has 2 saturated heterocycles. The van der Waals surface area contributed by atoms with E-state index < -0.39 is 0 Å². The lowest BCUT2D eigenvalue weighted by atomic mass is 9.78. The fraction of sp³-hybridized carbons (Fsp3) is 0.912. The molecule has 0 saturated carbocycles. The third kappa shape index (κ3) is 8.97. The Labute approximate surface area is 275 Å². The van der Waals surface area contributed by atoms with Crippen molar-refractivity contribution in [3.05, 3.63) is 0 Å². The van der Waals surface area contributed by atoms with Crippen LogP contribution < -0.4 is 14.7 Å². The Kier molecular flexibility index (Phi) is 12.2. The normalized spacial score (nSPS) is 22.1. The summed E-state index contributed by atoms with van der Waals surface area (Å²) < 4.78 is 0. The Morgan fingerprint density at radius 2 is 0.911 bits per heavy atom. The number of piperidine rings is 2. The van der Waals surface area contributed by atoms with Crippen molar-refractivity contribution in [2.45, 2.75) is 141 Å². The number of nitrogens with zero attached hydrogens (tertiary/aromatic N) is 9. The van der Waals surface area contributed by atoms with Crippen molar-refractivity contribution in [3.8, 4) is 0 Å². The summed E-state index contributed by atoms with van der Waals surface area (Å²) in [5.41, 5.74) is -0.243. The molecule has 45 heavy (non-hydrogen) atoms. The topological polar surface area (TPSA) is 76.6 Å². The zero-order valence-corrected chi connectivity index (χ0v) is 31.6. The molecule has 2 aliphatic rings. The molecule has 0 N–H and O–H groups in total. The molecular formula is C34H67N9O2. The van der Waals surface area contributed by atoms with Crippen LogP contribution in [0.25, 0.3) is 0 Å². The first-order chi connectivity index (χ1) is 20.8. The second-order valence-electron chi connectivity index (χ2n) is 16.4. The second-order valence-corrected chi connectivity index (χ2v) is 16.4. The molecule has 0 atom stereocenters. The number of aromatic nitrogens is 3. The second kappa shape index (κ2) is 14.5. The van der Waals surface area contributed by atoms with Crippen LogP contribution in [0.3, 0.4) is 0 Å². The molecule has 0 radical (unpaired) electrons. The van der Waals surface area contributed by atoms with E-state index in [0.717, 1.165) is 51.1 Å². The molecule has 2 fully saturated rings. The Bertz CT molecular complexity index is 1030. The molecule has 0 aromatic carbocycles. The average molecular weight is 634 g/mol. The van der Waals surface area contributed by atoms with Gasteiger partial charge in [-0.05, 0) is 108 Å². The van der Waals surface area contributed by atoms with Gasteiger partial charge in [-0.25, -0.2) is 0 Å². The standard InChI is InChI=1S/C34H67N9O2/c1-31(2)22-26(23-32(3,4)42(31)44-14)40(13)20-18-16-17-19-21-41(27-24-33(5,6)43(45-15)34(7,8)25-27)30-36-28(38(9)10)35-29(37-30)39(11)12/h26-27H,16-25H2,1-15H3. The molecule has 1 aromatic heterocycles. The molecule has 11 nitrogen and oxygen atoms in total. The van der Waals surface area contributed by atoms with E-state index in [2.05, 4.69) is 82.4 Å². The molecule has 11 heteroatoms. The highest BCUT2D eigenvalue weighted by molar-refractivity contribution is 5.46. The average Bonchev–Trinajstić information content (AvgIpc) is 2.89. The van der Waals surface area contributed by atoms with E-state index in [9.17, 15) is 0 Å². The van der Waals surface area contributed by atoms with Gasteiger partial charge in [-0.2, -0.15) is 25.1 Å². The van der Waals surface area contributed by atoms with E-state index >= 15 is 0 Å². The fourth-order valence-electron chi connectivity index (χ4n) is 8.44. The number of rotatable bonds is 14. The molecule has 0 bridgehead atoms. The van der Waals surface area contributed by atoms with Crippen LogP contribution in [0.1, 0.15) is 107 Å². The lowest BCUT2D eigenvalue weighted by Crippen LogP contribution is -2.64. The van der Waals surface area contributed by atoms with Crippen LogP contribution in [0.4, 0.5) is 17.8 Å². The van der Waals surface area contributed by atoms with Gasteiger partial charge in [-0.15, -0.1) is 0 Å². The molecule has 3 heterocycles. The lowest BCUT2D eigenvalue weighted by Gasteiger charge is -2.55. The van der Waals surface area contributed by atoms with Crippen LogP contribution in [-0.2, 0) is 9.68 Å². The minimum atomic E-state index is -0.131. The SMILES string of the molecule is CON1C(C)(C)CC(N(C)CCCCCCN(c2nc(N(C)C)nc(N(C)C)n2)C2CC(C)(C)N(OC)C(C)(C)C2)CC1(C)C. The molecule has 260 valence electrons. The van der Waals surface area contributed by atoms with Gasteiger partial charge in [0.25, 0.3) is 0 Å². The largest absolute Gasteiger partial charge is 0.347 e. The van der Waals surface area contributed by atoms with Gasteiger partial charge in [0.1, 0.15) is 0 Å². The van der Waals surface area contributed by atoms with Gasteiger partial charge in [0.15, 0.2) is 0 Å². The van der Waals surface area contributed by atoms with Crippen LogP contribution in [0.2, 0.25) is 0 Å². The Hall–Kier alpha value is -1.79. The summed E-state index contributed by atoms with van der Waals surface area (Å²) in [4.78, 5) is 35.4. The number of anilines is 3. The Morgan fingerprint density at radius 1 is 0.556 bits per heavy atom. The van der Waals surface area contributed by atoms with Crippen molar-refractivity contribution >= 4 is 17.8 Å². The van der Waals surface area contributed by atoms with Crippen molar-refractivity contribution in [1.82, 2.24) is 30.0 Å². The Balaban J connectivity index is 1.70. The minimum Gasteiger partial charge on any atom is -0.347 e. The monoisotopic (exact) mass is 634 g/mol. The molecule has 2 aliphatic heterocycles. The molecule has 0 unspecified atom stereocenters. The fourth-order valence-corrected chi connectivity index (χ4v) is 8.44. The van der Waals surface area contributed by atoms with E-state index in [1.165, 1.54) is 19.3 Å². The van der Waals surface area contributed by atoms with Gasteiger partial charge in [0.2, 0.25) is 17.8 Å². The summed E-state index contributed by atoms with van der Waals surface area (Å²) in [5, 5.41) is 4.38. The number of unbranched alkanes of at least 4 members (excludes halogenated alkanes) is 3. The number of hydroxylamine groups is 4. The quantitative estimate of drug-likeness (QED) is 0.245. The first-order valence-corrected chi connectivity index (χ1v) is 17.0. The maximum atomic E-state index is 5.93. The highest BCUT2D eigenvalue weighted by Gasteiger charge is 2.49. The van der Waals surface area contributed by atoms with Crippen LogP contribution in [-0.4, -0.2) is 127 Å². The van der Waals surface area contributed by atoms with Crippen LogP contribution in [0.15, 0.2) is 0 Å². The summed E-state index contributed by atoms with van der Waals surface area (Å²) in [7, 11) is 13.9. The molecule has 3 rings (SSSR count). The smallest absolute Gasteiger partial charge is 0.232 e. The van der Waals surface area contributed by atoms with Crippen molar-refractivity contribution in [2.75, 3.05) is 77.2 Å². The molecule has 0 aliphatic carbocycles. The lowest BCUT2D eigenvalue weighted by molar-refractivity contribution is -0.271. The summed E-state index contributed by atoms with van der Waals surface area (Å²) in [5.74, 6) is 2.15.